The fraction of sp³-hybridized carbons (Fsp3) is 0.615. The third-order valence-electron chi connectivity index (χ3n) is 3.44. The fourth-order valence-corrected chi connectivity index (χ4v) is 3.55. The van der Waals surface area contributed by atoms with Gasteiger partial charge < -0.3 is 5.11 Å². The van der Waals surface area contributed by atoms with Crippen LogP contribution in [-0.4, -0.2) is 36.4 Å². The highest BCUT2D eigenvalue weighted by molar-refractivity contribution is 7.71. The quantitative estimate of drug-likeness (QED) is 0.824. The summed E-state index contributed by atoms with van der Waals surface area (Å²) in [5.41, 5.74) is 1.06. The Morgan fingerprint density at radius 3 is 2.86 bits per heavy atom. The Hall–Kier alpha value is -1.09. The number of aliphatic hydroxyl groups is 1. The zero-order chi connectivity index (χ0) is 15.0. The maximum Gasteiger partial charge on any atom is 0.199 e. The van der Waals surface area contributed by atoms with Gasteiger partial charge in [-0.15, -0.1) is 11.3 Å². The van der Waals surface area contributed by atoms with E-state index in [9.17, 15) is 5.11 Å². The van der Waals surface area contributed by atoms with Crippen molar-refractivity contribution in [2.75, 3.05) is 7.05 Å². The highest BCUT2D eigenvalue weighted by atomic mass is 32.1. The van der Waals surface area contributed by atoms with Gasteiger partial charge in [-0.3, -0.25) is 9.47 Å². The van der Waals surface area contributed by atoms with Crippen LogP contribution in [0.15, 0.2) is 5.38 Å². The summed E-state index contributed by atoms with van der Waals surface area (Å²) in [4.78, 5) is 6.59. The first-order valence-corrected chi connectivity index (χ1v) is 8.26. The normalized spacial score (nSPS) is 15.0. The summed E-state index contributed by atoms with van der Waals surface area (Å²) in [7, 11) is 2.02. The van der Waals surface area contributed by atoms with Crippen molar-refractivity contribution in [1.29, 1.82) is 0 Å². The number of hydrogen-bond donors (Lipinski definition) is 1. The van der Waals surface area contributed by atoms with Gasteiger partial charge in [-0.2, -0.15) is 5.10 Å². The van der Waals surface area contributed by atoms with Crippen LogP contribution in [0.5, 0.6) is 0 Å². The summed E-state index contributed by atoms with van der Waals surface area (Å²) in [5, 5.41) is 17.0. The second-order valence-corrected chi connectivity index (χ2v) is 6.80. The minimum atomic E-state index is -0.0669. The van der Waals surface area contributed by atoms with Crippen molar-refractivity contribution in [3.8, 4) is 0 Å². The molecule has 114 valence electrons. The summed E-state index contributed by atoms with van der Waals surface area (Å²) >= 11 is 7.16. The summed E-state index contributed by atoms with van der Waals surface area (Å²) in [6, 6.07) is 0.431. The highest BCUT2D eigenvalue weighted by Crippen LogP contribution is 2.36. The second-order valence-electron chi connectivity index (χ2n) is 5.50. The number of rotatable bonds is 6. The fourth-order valence-electron chi connectivity index (χ4n) is 2.35. The van der Waals surface area contributed by atoms with Crippen LogP contribution >= 0.6 is 23.6 Å². The van der Waals surface area contributed by atoms with Crippen molar-refractivity contribution in [3.63, 3.8) is 0 Å². The molecule has 0 saturated heterocycles. The molecule has 2 aromatic rings. The maximum absolute atomic E-state index is 9.44. The number of aliphatic hydroxyl groups excluding tert-OH is 1. The lowest BCUT2D eigenvalue weighted by Gasteiger charge is -2.14. The van der Waals surface area contributed by atoms with E-state index in [4.69, 9.17) is 12.2 Å². The lowest BCUT2D eigenvalue weighted by atomic mass is 10.5. The molecule has 0 atom stereocenters. The molecule has 21 heavy (non-hydrogen) atoms. The molecule has 1 N–H and O–H groups in total. The van der Waals surface area contributed by atoms with Crippen molar-refractivity contribution in [2.45, 2.75) is 45.6 Å². The molecule has 2 heterocycles. The van der Waals surface area contributed by atoms with Crippen molar-refractivity contribution in [2.24, 2.45) is 0 Å². The Bertz CT molecular complexity index is 685. The first-order valence-electron chi connectivity index (χ1n) is 6.97. The van der Waals surface area contributed by atoms with E-state index >= 15 is 0 Å². The molecule has 3 rings (SSSR count). The number of thiazole rings is 1. The predicted molar refractivity (Wildman–Crippen MR) is 83.6 cm³/mol. The van der Waals surface area contributed by atoms with E-state index in [1.165, 1.54) is 0 Å². The van der Waals surface area contributed by atoms with Gasteiger partial charge in [-0.1, -0.05) is 0 Å². The molecule has 8 heteroatoms. The Labute approximate surface area is 132 Å². The van der Waals surface area contributed by atoms with Gasteiger partial charge in [0.1, 0.15) is 11.6 Å². The van der Waals surface area contributed by atoms with Crippen LogP contribution in [0.4, 0.5) is 0 Å². The molecule has 0 radical (unpaired) electrons. The van der Waals surface area contributed by atoms with Crippen LogP contribution in [0, 0.1) is 11.7 Å². The number of aromatic nitrogens is 4. The van der Waals surface area contributed by atoms with Crippen LogP contribution in [0.25, 0.3) is 0 Å². The van der Waals surface area contributed by atoms with Gasteiger partial charge >= 0.3 is 0 Å². The van der Waals surface area contributed by atoms with Gasteiger partial charge in [0.2, 0.25) is 0 Å². The third kappa shape index (κ3) is 3.23. The smallest absolute Gasteiger partial charge is 0.199 e. The maximum atomic E-state index is 9.44. The molecule has 1 aliphatic carbocycles. The Morgan fingerprint density at radius 1 is 1.52 bits per heavy atom. The second kappa shape index (κ2) is 5.96. The van der Waals surface area contributed by atoms with Crippen LogP contribution in [0.3, 0.4) is 0 Å². The molecule has 0 unspecified atom stereocenters. The molecule has 0 aromatic carbocycles. The van der Waals surface area contributed by atoms with E-state index in [0.717, 1.165) is 30.1 Å². The van der Waals surface area contributed by atoms with Crippen molar-refractivity contribution >= 4 is 23.6 Å². The summed E-state index contributed by atoms with van der Waals surface area (Å²) in [6.45, 7) is 3.30. The number of nitrogens with zero attached hydrogens (tertiary/aromatic N) is 5. The molecule has 0 bridgehead atoms. The Morgan fingerprint density at radius 2 is 2.29 bits per heavy atom. The molecule has 1 saturated carbocycles. The predicted octanol–water partition coefficient (Wildman–Crippen LogP) is 2.10. The standard InChI is InChI=1S/C13H19N5OS2/c1-9-7-21-12(14-9)5-16(2)8-17-13(20)18(10-3-4-10)11(6-19)15-17/h7,10,19H,3-6,8H2,1-2H3. The molecule has 1 fully saturated rings. The van der Waals surface area contributed by atoms with Gasteiger partial charge in [0.25, 0.3) is 0 Å². The minimum absolute atomic E-state index is 0.0669. The van der Waals surface area contributed by atoms with Gasteiger partial charge in [0.15, 0.2) is 10.6 Å². The lowest BCUT2D eigenvalue weighted by molar-refractivity contribution is 0.238. The zero-order valence-corrected chi connectivity index (χ0v) is 13.8. The van der Waals surface area contributed by atoms with E-state index in [-0.39, 0.29) is 6.61 Å². The van der Waals surface area contributed by atoms with Crippen molar-refractivity contribution < 1.29 is 5.11 Å². The van der Waals surface area contributed by atoms with Gasteiger partial charge in [-0.05, 0) is 39.0 Å². The van der Waals surface area contributed by atoms with Crippen LogP contribution < -0.4 is 0 Å². The molecule has 2 aromatic heterocycles. The molecular formula is C13H19N5OS2. The van der Waals surface area contributed by atoms with Gasteiger partial charge in [0.05, 0.1) is 13.2 Å². The number of aryl methyl sites for hydroxylation is 1. The highest BCUT2D eigenvalue weighted by Gasteiger charge is 2.28. The Kier molecular flexibility index (Phi) is 4.21. The van der Waals surface area contributed by atoms with Gasteiger partial charge in [0, 0.05) is 17.1 Å². The third-order valence-corrected chi connectivity index (χ3v) is 4.80. The summed E-state index contributed by atoms with van der Waals surface area (Å²) in [6.07, 6.45) is 2.25. The van der Waals surface area contributed by atoms with E-state index in [2.05, 4.69) is 20.4 Å². The first kappa shape index (κ1) is 14.8. The summed E-state index contributed by atoms with van der Waals surface area (Å²) in [5.74, 6) is 0.668. The van der Waals surface area contributed by atoms with Crippen LogP contribution in [0.1, 0.15) is 35.4 Å². The lowest BCUT2D eigenvalue weighted by Crippen LogP contribution is -2.22. The van der Waals surface area contributed by atoms with E-state index in [1.807, 2.05) is 18.5 Å². The topological polar surface area (TPSA) is 59.1 Å². The SMILES string of the molecule is Cc1csc(CN(C)Cn2nc(CO)n(C3CC3)c2=S)n1. The minimum Gasteiger partial charge on any atom is -0.388 e. The van der Waals surface area contributed by atoms with Crippen LogP contribution in [0.2, 0.25) is 0 Å². The first-order chi connectivity index (χ1) is 10.1. The van der Waals surface area contributed by atoms with E-state index < -0.39 is 0 Å². The van der Waals surface area contributed by atoms with E-state index in [0.29, 0.717) is 23.3 Å². The largest absolute Gasteiger partial charge is 0.388 e. The average molecular weight is 325 g/mol. The van der Waals surface area contributed by atoms with Crippen molar-refractivity contribution in [3.05, 3.63) is 26.7 Å². The molecule has 1 aliphatic rings. The average Bonchev–Trinajstić information content (AvgIpc) is 3.12. The van der Waals surface area contributed by atoms with Crippen LogP contribution in [-0.2, 0) is 19.8 Å². The monoisotopic (exact) mass is 325 g/mol. The molecule has 0 spiro atoms. The molecular weight excluding hydrogens is 306 g/mol. The molecule has 6 nitrogen and oxygen atoms in total. The van der Waals surface area contributed by atoms with E-state index in [1.54, 1.807) is 16.0 Å². The molecule has 0 amide bonds. The molecule has 0 aliphatic heterocycles. The summed E-state index contributed by atoms with van der Waals surface area (Å²) < 4.78 is 4.49. The zero-order valence-electron chi connectivity index (χ0n) is 12.2. The van der Waals surface area contributed by atoms with Crippen molar-refractivity contribution in [1.82, 2.24) is 24.2 Å². The number of hydrogen-bond acceptors (Lipinski definition) is 6. The Balaban J connectivity index is 1.73. The van der Waals surface area contributed by atoms with Gasteiger partial charge in [-0.25, -0.2) is 9.67 Å².